The van der Waals surface area contributed by atoms with Gasteiger partial charge >= 0.3 is 0 Å². The molecule has 17 heavy (non-hydrogen) atoms. The predicted molar refractivity (Wildman–Crippen MR) is 69.7 cm³/mol. The van der Waals surface area contributed by atoms with Crippen LogP contribution in [0.15, 0.2) is 42.6 Å². The summed E-state index contributed by atoms with van der Waals surface area (Å²) in [5.74, 6) is 0.870. The van der Waals surface area contributed by atoms with Crippen molar-refractivity contribution < 1.29 is 4.74 Å². The number of nitrogens with two attached hydrogens (primary N) is 1. The van der Waals surface area contributed by atoms with Crippen molar-refractivity contribution in [1.29, 1.82) is 0 Å². The summed E-state index contributed by atoms with van der Waals surface area (Å²) in [6.45, 7) is 2.02. The minimum atomic E-state index is 0.168. The molecule has 3 nitrogen and oxygen atoms in total. The van der Waals surface area contributed by atoms with E-state index in [9.17, 15) is 0 Å². The van der Waals surface area contributed by atoms with E-state index in [-0.39, 0.29) is 6.04 Å². The van der Waals surface area contributed by atoms with Crippen molar-refractivity contribution in [2.24, 2.45) is 5.73 Å². The number of rotatable bonds is 4. The maximum atomic E-state index is 5.84. The second kappa shape index (κ2) is 5.06. The fourth-order valence-electron chi connectivity index (χ4n) is 1.91. The van der Waals surface area contributed by atoms with Crippen LogP contribution in [0.25, 0.3) is 5.69 Å². The monoisotopic (exact) mass is 230 g/mol. The lowest BCUT2D eigenvalue weighted by atomic mass is 10.2. The number of ether oxygens (including phenoxy) is 1. The van der Waals surface area contributed by atoms with Gasteiger partial charge in [-0.15, -0.1) is 0 Å². The molecule has 3 heteroatoms. The Kier molecular flexibility index (Phi) is 3.49. The van der Waals surface area contributed by atoms with Gasteiger partial charge in [-0.2, -0.15) is 0 Å². The molecular weight excluding hydrogens is 212 g/mol. The Morgan fingerprint density at radius 3 is 2.53 bits per heavy atom. The summed E-state index contributed by atoms with van der Waals surface area (Å²) in [7, 11) is 1.67. The van der Waals surface area contributed by atoms with Gasteiger partial charge in [0.05, 0.1) is 7.11 Å². The molecule has 90 valence electrons. The topological polar surface area (TPSA) is 40.2 Å². The van der Waals surface area contributed by atoms with Crippen LogP contribution in [0.1, 0.15) is 12.6 Å². The fraction of sp³-hybridized carbons (Fsp3) is 0.286. The molecule has 1 aromatic heterocycles. The summed E-state index contributed by atoms with van der Waals surface area (Å²) in [5, 5.41) is 0. The highest BCUT2D eigenvalue weighted by atomic mass is 16.5. The van der Waals surface area contributed by atoms with Crippen molar-refractivity contribution in [3.63, 3.8) is 0 Å². The zero-order chi connectivity index (χ0) is 12.3. The number of methoxy groups -OCH3 is 1. The van der Waals surface area contributed by atoms with E-state index in [1.807, 2.05) is 37.3 Å². The van der Waals surface area contributed by atoms with Gasteiger partial charge in [0, 0.05) is 30.0 Å². The zero-order valence-corrected chi connectivity index (χ0v) is 10.3. The molecule has 0 fully saturated rings. The normalized spacial score (nSPS) is 12.4. The van der Waals surface area contributed by atoms with Crippen LogP contribution in [-0.4, -0.2) is 17.7 Å². The summed E-state index contributed by atoms with van der Waals surface area (Å²) >= 11 is 0. The van der Waals surface area contributed by atoms with Crippen LogP contribution in [0, 0.1) is 0 Å². The van der Waals surface area contributed by atoms with Crippen LogP contribution in [-0.2, 0) is 6.42 Å². The Morgan fingerprint density at radius 2 is 1.94 bits per heavy atom. The summed E-state index contributed by atoms with van der Waals surface area (Å²) in [6, 6.07) is 12.3. The van der Waals surface area contributed by atoms with Gasteiger partial charge in [-0.1, -0.05) is 0 Å². The summed E-state index contributed by atoms with van der Waals surface area (Å²) in [4.78, 5) is 0. The van der Waals surface area contributed by atoms with Crippen molar-refractivity contribution in [3.8, 4) is 11.4 Å². The quantitative estimate of drug-likeness (QED) is 0.876. The first-order valence-electron chi connectivity index (χ1n) is 5.77. The van der Waals surface area contributed by atoms with Crippen LogP contribution in [0.5, 0.6) is 5.75 Å². The van der Waals surface area contributed by atoms with Crippen molar-refractivity contribution in [2.45, 2.75) is 19.4 Å². The predicted octanol–water partition coefficient (Wildman–Crippen LogP) is 2.38. The molecule has 2 aromatic rings. The molecule has 1 heterocycles. The highest BCUT2D eigenvalue weighted by Gasteiger charge is 2.05. The lowest BCUT2D eigenvalue weighted by Gasteiger charge is -2.11. The fourth-order valence-corrected chi connectivity index (χ4v) is 1.91. The smallest absolute Gasteiger partial charge is 0.119 e. The SMILES string of the molecule is COc1ccc(-n2cccc2CC(C)N)cc1. The molecule has 2 rings (SSSR count). The number of hydrogen-bond acceptors (Lipinski definition) is 2. The van der Waals surface area contributed by atoms with Crippen LogP contribution < -0.4 is 10.5 Å². The molecular formula is C14H18N2O. The molecule has 0 aliphatic carbocycles. The summed E-state index contributed by atoms with van der Waals surface area (Å²) in [6.07, 6.45) is 2.93. The molecule has 1 aromatic carbocycles. The third-order valence-corrected chi connectivity index (χ3v) is 2.71. The standard InChI is InChI=1S/C14H18N2O/c1-11(15)10-13-4-3-9-16(13)12-5-7-14(17-2)8-6-12/h3-9,11H,10,15H2,1-2H3. The molecule has 0 amide bonds. The Balaban J connectivity index is 2.29. The minimum Gasteiger partial charge on any atom is -0.497 e. The van der Waals surface area contributed by atoms with Crippen molar-refractivity contribution in [2.75, 3.05) is 7.11 Å². The molecule has 0 bridgehead atoms. The van der Waals surface area contributed by atoms with E-state index in [4.69, 9.17) is 10.5 Å². The van der Waals surface area contributed by atoms with E-state index in [1.165, 1.54) is 5.69 Å². The van der Waals surface area contributed by atoms with Gasteiger partial charge < -0.3 is 15.0 Å². The van der Waals surface area contributed by atoms with Crippen LogP contribution >= 0.6 is 0 Å². The zero-order valence-electron chi connectivity index (χ0n) is 10.3. The molecule has 0 aliphatic rings. The molecule has 0 aliphatic heterocycles. The maximum absolute atomic E-state index is 5.84. The van der Waals surface area contributed by atoms with Crippen molar-refractivity contribution >= 4 is 0 Å². The molecule has 0 saturated carbocycles. The van der Waals surface area contributed by atoms with E-state index in [2.05, 4.69) is 16.8 Å². The molecule has 1 unspecified atom stereocenters. The largest absolute Gasteiger partial charge is 0.497 e. The first-order valence-corrected chi connectivity index (χ1v) is 5.77. The lowest BCUT2D eigenvalue weighted by Crippen LogP contribution is -2.19. The van der Waals surface area contributed by atoms with Gasteiger partial charge in [-0.25, -0.2) is 0 Å². The van der Waals surface area contributed by atoms with Gasteiger partial charge in [-0.05, 0) is 43.3 Å². The second-order valence-corrected chi connectivity index (χ2v) is 4.25. The van der Waals surface area contributed by atoms with E-state index >= 15 is 0 Å². The third kappa shape index (κ3) is 2.68. The van der Waals surface area contributed by atoms with E-state index in [1.54, 1.807) is 7.11 Å². The molecule has 0 spiro atoms. The average Bonchev–Trinajstić information content (AvgIpc) is 2.76. The Labute approximate surface area is 102 Å². The third-order valence-electron chi connectivity index (χ3n) is 2.71. The van der Waals surface area contributed by atoms with E-state index < -0.39 is 0 Å². The van der Waals surface area contributed by atoms with Gasteiger partial charge in [0.1, 0.15) is 5.75 Å². The van der Waals surface area contributed by atoms with Crippen LogP contribution in [0.3, 0.4) is 0 Å². The Bertz CT molecular complexity index is 471. The number of benzene rings is 1. The molecule has 2 N–H and O–H groups in total. The second-order valence-electron chi connectivity index (χ2n) is 4.25. The van der Waals surface area contributed by atoms with Crippen LogP contribution in [0.4, 0.5) is 0 Å². The minimum absolute atomic E-state index is 0.168. The number of nitrogens with zero attached hydrogens (tertiary/aromatic N) is 1. The highest BCUT2D eigenvalue weighted by molar-refractivity contribution is 5.39. The Hall–Kier alpha value is -1.74. The maximum Gasteiger partial charge on any atom is 0.119 e. The first kappa shape index (κ1) is 11.7. The van der Waals surface area contributed by atoms with Gasteiger partial charge in [0.2, 0.25) is 0 Å². The van der Waals surface area contributed by atoms with E-state index in [0.29, 0.717) is 0 Å². The van der Waals surface area contributed by atoms with Gasteiger partial charge in [0.15, 0.2) is 0 Å². The Morgan fingerprint density at radius 1 is 1.24 bits per heavy atom. The van der Waals surface area contributed by atoms with Gasteiger partial charge in [-0.3, -0.25) is 0 Å². The molecule has 1 atom stereocenters. The lowest BCUT2D eigenvalue weighted by molar-refractivity contribution is 0.414. The van der Waals surface area contributed by atoms with Gasteiger partial charge in [0.25, 0.3) is 0 Å². The number of hydrogen-bond donors (Lipinski definition) is 1. The van der Waals surface area contributed by atoms with Crippen molar-refractivity contribution in [1.82, 2.24) is 4.57 Å². The van der Waals surface area contributed by atoms with E-state index in [0.717, 1.165) is 17.9 Å². The first-order chi connectivity index (χ1) is 8.20. The summed E-state index contributed by atoms with van der Waals surface area (Å²) in [5.41, 5.74) is 8.20. The van der Waals surface area contributed by atoms with Crippen LogP contribution in [0.2, 0.25) is 0 Å². The number of aromatic nitrogens is 1. The summed E-state index contributed by atoms with van der Waals surface area (Å²) < 4.78 is 7.31. The molecule has 0 saturated heterocycles. The highest BCUT2D eigenvalue weighted by Crippen LogP contribution is 2.17. The molecule has 0 radical (unpaired) electrons. The van der Waals surface area contributed by atoms with Crippen molar-refractivity contribution in [3.05, 3.63) is 48.3 Å². The average molecular weight is 230 g/mol.